The minimum Gasteiger partial charge on any atom is -0.398 e. The van der Waals surface area contributed by atoms with Crippen LogP contribution in [0.1, 0.15) is 42.6 Å². The van der Waals surface area contributed by atoms with E-state index in [1.165, 1.54) is 11.1 Å². The lowest BCUT2D eigenvalue weighted by atomic mass is 9.98. The average Bonchev–Trinajstić information content (AvgIpc) is 2.88. The Labute approximate surface area is 118 Å². The van der Waals surface area contributed by atoms with Crippen molar-refractivity contribution in [1.82, 2.24) is 15.0 Å². The van der Waals surface area contributed by atoms with Crippen molar-refractivity contribution in [3.05, 3.63) is 41.0 Å². The van der Waals surface area contributed by atoms with Gasteiger partial charge >= 0.3 is 0 Å². The van der Waals surface area contributed by atoms with E-state index in [4.69, 9.17) is 10.3 Å². The molecule has 2 aromatic rings. The van der Waals surface area contributed by atoms with Gasteiger partial charge in [-0.05, 0) is 23.6 Å². The van der Waals surface area contributed by atoms with Gasteiger partial charge in [0.25, 0.3) is 0 Å². The number of nitrogens with zero attached hydrogens (tertiary/aromatic N) is 3. The van der Waals surface area contributed by atoms with Gasteiger partial charge in [0.2, 0.25) is 5.89 Å². The molecule has 0 unspecified atom stereocenters. The third-order valence-corrected chi connectivity index (χ3v) is 3.74. The van der Waals surface area contributed by atoms with Gasteiger partial charge in [0.05, 0.1) is 6.54 Å². The standard InChI is InChI=1S/C15H20N4O/c1-10(2)15-17-14(20-18-15)9-19-7-6-12-11(8-19)4-3-5-13(12)16/h3-5,10H,6-9,16H2,1-2H3. The van der Waals surface area contributed by atoms with Gasteiger partial charge in [0, 0.05) is 24.7 Å². The van der Waals surface area contributed by atoms with E-state index in [-0.39, 0.29) is 0 Å². The van der Waals surface area contributed by atoms with Gasteiger partial charge in [0.15, 0.2) is 5.82 Å². The lowest BCUT2D eigenvalue weighted by Gasteiger charge is -2.28. The highest BCUT2D eigenvalue weighted by molar-refractivity contribution is 5.51. The molecule has 2 N–H and O–H groups in total. The number of hydrogen-bond donors (Lipinski definition) is 1. The maximum atomic E-state index is 6.02. The molecule has 0 saturated carbocycles. The molecule has 1 aliphatic heterocycles. The molecule has 20 heavy (non-hydrogen) atoms. The molecule has 3 rings (SSSR count). The molecule has 0 radical (unpaired) electrons. The molecule has 5 nitrogen and oxygen atoms in total. The van der Waals surface area contributed by atoms with Crippen molar-refractivity contribution in [2.45, 2.75) is 39.3 Å². The molecule has 5 heteroatoms. The summed E-state index contributed by atoms with van der Waals surface area (Å²) in [5, 5.41) is 4.01. The second-order valence-corrected chi connectivity index (χ2v) is 5.65. The van der Waals surface area contributed by atoms with Crippen molar-refractivity contribution in [3.8, 4) is 0 Å². The van der Waals surface area contributed by atoms with Crippen LogP contribution in [0, 0.1) is 0 Å². The van der Waals surface area contributed by atoms with Gasteiger partial charge in [-0.15, -0.1) is 0 Å². The van der Waals surface area contributed by atoms with Gasteiger partial charge in [-0.25, -0.2) is 0 Å². The number of fused-ring (bicyclic) bond motifs is 1. The summed E-state index contributed by atoms with van der Waals surface area (Å²) in [5.74, 6) is 1.78. The van der Waals surface area contributed by atoms with Crippen LogP contribution in [0.2, 0.25) is 0 Å². The fourth-order valence-corrected chi connectivity index (χ4v) is 2.59. The Hall–Kier alpha value is -1.88. The Bertz CT molecular complexity index is 606. The summed E-state index contributed by atoms with van der Waals surface area (Å²) in [6, 6.07) is 6.13. The Balaban J connectivity index is 1.71. The third kappa shape index (κ3) is 2.54. The van der Waals surface area contributed by atoms with E-state index in [0.717, 1.165) is 31.0 Å². The van der Waals surface area contributed by atoms with Gasteiger partial charge in [0.1, 0.15) is 0 Å². The predicted octanol–water partition coefficient (Wildman–Crippen LogP) is 2.33. The van der Waals surface area contributed by atoms with Gasteiger partial charge in [-0.3, -0.25) is 4.90 Å². The maximum absolute atomic E-state index is 6.02. The zero-order chi connectivity index (χ0) is 14.1. The fourth-order valence-electron chi connectivity index (χ4n) is 2.59. The monoisotopic (exact) mass is 272 g/mol. The largest absolute Gasteiger partial charge is 0.398 e. The number of rotatable bonds is 3. The van der Waals surface area contributed by atoms with E-state index in [9.17, 15) is 0 Å². The summed E-state index contributed by atoms with van der Waals surface area (Å²) in [6.07, 6.45) is 0.979. The van der Waals surface area contributed by atoms with E-state index in [2.05, 4.69) is 35.0 Å². The molecule has 0 aliphatic carbocycles. The molecular weight excluding hydrogens is 252 g/mol. The van der Waals surface area contributed by atoms with Gasteiger partial charge < -0.3 is 10.3 Å². The van der Waals surface area contributed by atoms with Crippen molar-refractivity contribution >= 4 is 5.69 Å². The molecular formula is C15H20N4O. The minimum absolute atomic E-state index is 0.300. The average molecular weight is 272 g/mol. The molecule has 1 aliphatic rings. The molecule has 0 amide bonds. The summed E-state index contributed by atoms with van der Waals surface area (Å²) in [7, 11) is 0. The fraction of sp³-hybridized carbons (Fsp3) is 0.467. The molecule has 0 spiro atoms. The Morgan fingerprint density at radius 1 is 1.40 bits per heavy atom. The Kier molecular flexibility index (Phi) is 3.44. The second-order valence-electron chi connectivity index (χ2n) is 5.65. The molecule has 0 atom stereocenters. The van der Waals surface area contributed by atoms with Crippen molar-refractivity contribution in [1.29, 1.82) is 0 Å². The van der Waals surface area contributed by atoms with Crippen LogP contribution in [0.5, 0.6) is 0 Å². The quantitative estimate of drug-likeness (QED) is 0.868. The van der Waals surface area contributed by atoms with Crippen LogP contribution in [-0.2, 0) is 19.5 Å². The maximum Gasteiger partial charge on any atom is 0.240 e. The summed E-state index contributed by atoms with van der Waals surface area (Å²) >= 11 is 0. The highest BCUT2D eigenvalue weighted by Gasteiger charge is 2.20. The topological polar surface area (TPSA) is 68.2 Å². The van der Waals surface area contributed by atoms with Crippen LogP contribution in [-0.4, -0.2) is 21.6 Å². The van der Waals surface area contributed by atoms with E-state index >= 15 is 0 Å². The molecule has 0 saturated heterocycles. The van der Waals surface area contributed by atoms with E-state index in [1.54, 1.807) is 0 Å². The zero-order valence-electron chi connectivity index (χ0n) is 12.0. The summed E-state index contributed by atoms with van der Waals surface area (Å²) in [4.78, 5) is 6.75. The second kappa shape index (κ2) is 5.25. The zero-order valence-corrected chi connectivity index (χ0v) is 12.0. The van der Waals surface area contributed by atoms with E-state index in [1.807, 2.05) is 12.1 Å². The first-order valence-corrected chi connectivity index (χ1v) is 7.04. The van der Waals surface area contributed by atoms with Crippen LogP contribution in [0.25, 0.3) is 0 Å². The van der Waals surface area contributed by atoms with Crippen molar-refractivity contribution < 1.29 is 4.52 Å². The van der Waals surface area contributed by atoms with Crippen LogP contribution in [0.3, 0.4) is 0 Å². The van der Waals surface area contributed by atoms with Crippen molar-refractivity contribution in [3.63, 3.8) is 0 Å². The Morgan fingerprint density at radius 3 is 3.00 bits per heavy atom. The molecule has 1 aromatic carbocycles. The highest BCUT2D eigenvalue weighted by atomic mass is 16.5. The van der Waals surface area contributed by atoms with E-state index in [0.29, 0.717) is 18.4 Å². The number of anilines is 1. The molecule has 0 fully saturated rings. The molecule has 106 valence electrons. The number of aromatic nitrogens is 2. The molecule has 2 heterocycles. The number of benzene rings is 1. The normalized spacial score (nSPS) is 15.6. The first kappa shape index (κ1) is 13.1. The number of nitrogen functional groups attached to an aromatic ring is 1. The van der Waals surface area contributed by atoms with Crippen molar-refractivity contribution in [2.75, 3.05) is 12.3 Å². The third-order valence-electron chi connectivity index (χ3n) is 3.74. The lowest BCUT2D eigenvalue weighted by molar-refractivity contribution is 0.210. The summed E-state index contributed by atoms with van der Waals surface area (Å²) < 4.78 is 5.31. The van der Waals surface area contributed by atoms with E-state index < -0.39 is 0 Å². The number of nitrogens with two attached hydrogens (primary N) is 1. The van der Waals surface area contributed by atoms with Gasteiger partial charge in [-0.2, -0.15) is 4.98 Å². The first-order valence-electron chi connectivity index (χ1n) is 7.04. The van der Waals surface area contributed by atoms with Crippen LogP contribution in [0.4, 0.5) is 5.69 Å². The Morgan fingerprint density at radius 2 is 2.25 bits per heavy atom. The lowest BCUT2D eigenvalue weighted by Crippen LogP contribution is -2.30. The molecule has 1 aromatic heterocycles. The SMILES string of the molecule is CC(C)c1noc(CN2CCc3c(N)cccc3C2)n1. The van der Waals surface area contributed by atoms with Crippen LogP contribution < -0.4 is 5.73 Å². The summed E-state index contributed by atoms with van der Waals surface area (Å²) in [6.45, 7) is 6.69. The number of hydrogen-bond acceptors (Lipinski definition) is 5. The van der Waals surface area contributed by atoms with Crippen LogP contribution in [0.15, 0.2) is 22.7 Å². The van der Waals surface area contributed by atoms with Crippen molar-refractivity contribution in [2.24, 2.45) is 0 Å². The highest BCUT2D eigenvalue weighted by Crippen LogP contribution is 2.25. The molecule has 0 bridgehead atoms. The van der Waals surface area contributed by atoms with Crippen LogP contribution >= 0.6 is 0 Å². The van der Waals surface area contributed by atoms with Gasteiger partial charge in [-0.1, -0.05) is 31.1 Å². The smallest absolute Gasteiger partial charge is 0.240 e. The minimum atomic E-state index is 0.300. The first-order chi connectivity index (χ1) is 9.63. The predicted molar refractivity (Wildman–Crippen MR) is 77.1 cm³/mol. The summed E-state index contributed by atoms with van der Waals surface area (Å²) in [5.41, 5.74) is 9.52.